The molecule has 14 heteroatoms. The van der Waals surface area contributed by atoms with E-state index >= 15 is 0 Å². The highest BCUT2D eigenvalue weighted by molar-refractivity contribution is 6.30. The number of aliphatic hydroxyl groups excluding tert-OH is 4. The summed E-state index contributed by atoms with van der Waals surface area (Å²) in [4.78, 5) is 37.0. The maximum Gasteiger partial charge on any atom is 0.364 e. The highest BCUT2D eigenvalue weighted by Gasteiger charge is 2.55. The van der Waals surface area contributed by atoms with Crippen LogP contribution in [0.4, 0.5) is 0 Å². The Balaban J connectivity index is 2.08. The predicted molar refractivity (Wildman–Crippen MR) is 154 cm³/mol. The molecule has 7 atom stereocenters. The third-order valence-electron chi connectivity index (χ3n) is 6.81. The number of benzene rings is 1. The lowest BCUT2D eigenvalue weighted by molar-refractivity contribution is -0.310. The van der Waals surface area contributed by atoms with Gasteiger partial charge in [-0.2, -0.15) is 0 Å². The van der Waals surface area contributed by atoms with Gasteiger partial charge in [-0.3, -0.25) is 9.59 Å². The van der Waals surface area contributed by atoms with Crippen molar-refractivity contribution in [1.29, 1.82) is 0 Å². The molecule has 43 heavy (non-hydrogen) atoms. The predicted octanol–water partition coefficient (Wildman–Crippen LogP) is -0.256. The first kappa shape index (κ1) is 36.4. The van der Waals surface area contributed by atoms with Gasteiger partial charge in [0.1, 0.15) is 24.9 Å². The average molecular weight is 629 g/mol. The van der Waals surface area contributed by atoms with Crippen molar-refractivity contribution in [2.24, 2.45) is 0 Å². The Bertz CT molecular complexity index is 1080. The number of carbonyl (C=O) groups is 3. The summed E-state index contributed by atoms with van der Waals surface area (Å²) >= 11 is 5.85. The molecule has 2 amide bonds. The van der Waals surface area contributed by atoms with Gasteiger partial charge in [0.15, 0.2) is 0 Å². The number of ether oxygens (including phenoxy) is 3. The standard InChI is InChI=1S/C29H41ClN2O11/c1-3-12-41-13-6-4-5-7-14-42-29(28(39)40)16-21(34)24(32-27(38)18(2)33)26(43-29)25(37)22(35)17-31-23(36)15-19-8-10-20(30)11-9-19/h1,8-11,18,21-22,24-26,33-35,37H,4-7,12-17H2,2H3,(H,31,36)(H,32,38)(H,39,40)/t18?,21-,22+,24+,25+,26+,29+/m0/s1. The molecular weight excluding hydrogens is 588 g/mol. The first-order chi connectivity index (χ1) is 20.4. The van der Waals surface area contributed by atoms with Crippen LogP contribution >= 0.6 is 11.6 Å². The van der Waals surface area contributed by atoms with Crippen molar-refractivity contribution in [1.82, 2.24) is 10.6 Å². The Morgan fingerprint density at radius 3 is 2.40 bits per heavy atom. The average Bonchev–Trinajstić information content (AvgIpc) is 2.96. The van der Waals surface area contributed by atoms with E-state index in [0.29, 0.717) is 30.0 Å². The summed E-state index contributed by atoms with van der Waals surface area (Å²) in [7, 11) is 0. The van der Waals surface area contributed by atoms with Crippen LogP contribution in [0.1, 0.15) is 44.6 Å². The van der Waals surface area contributed by atoms with E-state index in [0.717, 1.165) is 12.8 Å². The Morgan fingerprint density at radius 2 is 1.79 bits per heavy atom. The molecule has 1 heterocycles. The van der Waals surface area contributed by atoms with E-state index in [1.807, 2.05) is 0 Å². The molecule has 0 aromatic heterocycles. The van der Waals surface area contributed by atoms with Crippen LogP contribution in [-0.4, -0.2) is 112 Å². The SMILES string of the molecule is C#CCOCCCCCCO[C@]1(C(=O)O)C[C@H](O)[C@@H](NC(=O)C(C)O)[C@H]([C@H](O)[C@H](O)CNC(=O)Cc2ccc(Cl)cc2)O1. The summed E-state index contributed by atoms with van der Waals surface area (Å²) in [6.07, 6.45) is -1.36. The second-order valence-corrected chi connectivity index (χ2v) is 10.7. The van der Waals surface area contributed by atoms with E-state index in [1.54, 1.807) is 24.3 Å². The molecule has 1 aliphatic rings. The summed E-state index contributed by atoms with van der Waals surface area (Å²) in [6, 6.07) is 5.10. The molecule has 1 fully saturated rings. The molecule has 0 radical (unpaired) electrons. The quantitative estimate of drug-likeness (QED) is 0.0833. The number of carboxylic acid groups (broad SMARTS) is 1. The number of rotatable bonds is 18. The molecule has 1 saturated heterocycles. The maximum atomic E-state index is 12.4. The van der Waals surface area contributed by atoms with Crippen LogP contribution in [-0.2, 0) is 35.0 Å². The largest absolute Gasteiger partial charge is 0.477 e. The zero-order chi connectivity index (χ0) is 32.0. The molecule has 2 rings (SSSR count). The van der Waals surface area contributed by atoms with Crippen molar-refractivity contribution in [2.45, 2.75) is 87.8 Å². The van der Waals surface area contributed by atoms with Crippen LogP contribution in [0.5, 0.6) is 0 Å². The number of hydrogen-bond donors (Lipinski definition) is 7. The van der Waals surface area contributed by atoms with Gasteiger partial charge in [0, 0.05) is 24.6 Å². The second-order valence-electron chi connectivity index (χ2n) is 10.3. The third kappa shape index (κ3) is 11.7. The van der Waals surface area contributed by atoms with Crippen LogP contribution in [0.25, 0.3) is 0 Å². The van der Waals surface area contributed by atoms with Gasteiger partial charge in [0.25, 0.3) is 5.79 Å². The minimum atomic E-state index is -2.41. The van der Waals surface area contributed by atoms with Gasteiger partial charge in [-0.15, -0.1) is 6.42 Å². The van der Waals surface area contributed by atoms with E-state index in [4.69, 9.17) is 32.2 Å². The fourth-order valence-electron chi connectivity index (χ4n) is 4.44. The molecular formula is C29H41ClN2O11. The van der Waals surface area contributed by atoms with E-state index in [2.05, 4.69) is 16.6 Å². The fourth-order valence-corrected chi connectivity index (χ4v) is 4.56. The molecule has 1 aliphatic heterocycles. The number of carbonyl (C=O) groups excluding carboxylic acids is 2. The monoisotopic (exact) mass is 628 g/mol. The fraction of sp³-hybridized carbons (Fsp3) is 0.621. The number of aliphatic hydroxyl groups is 4. The summed E-state index contributed by atoms with van der Waals surface area (Å²) < 4.78 is 16.5. The molecule has 1 unspecified atom stereocenters. The van der Waals surface area contributed by atoms with Gasteiger partial charge in [-0.1, -0.05) is 42.5 Å². The number of carboxylic acids is 1. The Labute approximate surface area is 255 Å². The number of aliphatic carboxylic acids is 1. The highest BCUT2D eigenvalue weighted by Crippen LogP contribution is 2.34. The molecule has 7 N–H and O–H groups in total. The lowest BCUT2D eigenvalue weighted by Gasteiger charge is -2.46. The number of terminal acetylenes is 1. The van der Waals surface area contributed by atoms with Crippen molar-refractivity contribution in [3.05, 3.63) is 34.9 Å². The minimum absolute atomic E-state index is 0.0421. The van der Waals surface area contributed by atoms with Crippen LogP contribution in [0.3, 0.4) is 0 Å². The van der Waals surface area contributed by atoms with Crippen molar-refractivity contribution in [3.63, 3.8) is 0 Å². The van der Waals surface area contributed by atoms with Gasteiger partial charge < -0.3 is 50.4 Å². The highest BCUT2D eigenvalue weighted by atomic mass is 35.5. The normalized spacial score (nSPS) is 23.9. The summed E-state index contributed by atoms with van der Waals surface area (Å²) in [6.45, 7) is 1.35. The van der Waals surface area contributed by atoms with E-state index in [9.17, 15) is 39.9 Å². The number of unbranched alkanes of at least 4 members (excludes halogenated alkanes) is 3. The molecule has 0 spiro atoms. The summed E-state index contributed by atoms with van der Waals surface area (Å²) in [5.74, 6) is -3.04. The molecule has 1 aromatic rings. The van der Waals surface area contributed by atoms with Crippen LogP contribution in [0.2, 0.25) is 5.02 Å². The molecule has 240 valence electrons. The van der Waals surface area contributed by atoms with Gasteiger partial charge >= 0.3 is 5.97 Å². The second kappa shape index (κ2) is 18.1. The van der Waals surface area contributed by atoms with Gasteiger partial charge in [0.2, 0.25) is 11.8 Å². The number of hydrogen-bond acceptors (Lipinski definition) is 10. The molecule has 0 bridgehead atoms. The third-order valence-corrected chi connectivity index (χ3v) is 7.06. The van der Waals surface area contributed by atoms with E-state index < -0.39 is 73.1 Å². The zero-order valence-corrected chi connectivity index (χ0v) is 24.7. The van der Waals surface area contributed by atoms with Gasteiger partial charge in [-0.25, -0.2) is 4.79 Å². The number of nitrogens with one attached hydrogen (secondary N) is 2. The van der Waals surface area contributed by atoms with Crippen molar-refractivity contribution in [3.8, 4) is 12.3 Å². The Hall–Kier alpha value is -2.80. The van der Waals surface area contributed by atoms with Crippen LogP contribution in [0.15, 0.2) is 24.3 Å². The number of halogens is 1. The van der Waals surface area contributed by atoms with Gasteiger partial charge in [0.05, 0.1) is 31.3 Å². The number of amides is 2. The topological polar surface area (TPSA) is 204 Å². The lowest BCUT2D eigenvalue weighted by atomic mass is 9.88. The van der Waals surface area contributed by atoms with Crippen LogP contribution in [0, 0.1) is 12.3 Å². The van der Waals surface area contributed by atoms with Crippen LogP contribution < -0.4 is 10.6 Å². The van der Waals surface area contributed by atoms with E-state index in [-0.39, 0.29) is 19.6 Å². The summed E-state index contributed by atoms with van der Waals surface area (Å²) in [5.41, 5.74) is 0.650. The smallest absolute Gasteiger partial charge is 0.364 e. The van der Waals surface area contributed by atoms with Gasteiger partial charge in [-0.05, 0) is 37.5 Å². The molecule has 1 aromatic carbocycles. The van der Waals surface area contributed by atoms with Crippen molar-refractivity contribution in [2.75, 3.05) is 26.4 Å². The van der Waals surface area contributed by atoms with Crippen molar-refractivity contribution >= 4 is 29.4 Å². The van der Waals surface area contributed by atoms with Crippen molar-refractivity contribution < 1.29 is 54.1 Å². The molecule has 13 nitrogen and oxygen atoms in total. The first-order valence-electron chi connectivity index (χ1n) is 14.0. The minimum Gasteiger partial charge on any atom is -0.477 e. The zero-order valence-electron chi connectivity index (χ0n) is 24.0. The maximum absolute atomic E-state index is 12.4. The molecule has 0 aliphatic carbocycles. The molecule has 0 saturated carbocycles. The first-order valence-corrected chi connectivity index (χ1v) is 14.4. The summed E-state index contributed by atoms with van der Waals surface area (Å²) in [5, 5.41) is 57.6. The van der Waals surface area contributed by atoms with E-state index in [1.165, 1.54) is 6.92 Å². The Morgan fingerprint density at radius 1 is 1.14 bits per heavy atom. The Kier molecular flexibility index (Phi) is 15.3. The lowest BCUT2D eigenvalue weighted by Crippen LogP contribution is -2.68.